The summed E-state index contributed by atoms with van der Waals surface area (Å²) in [4.78, 5) is 29.3. The van der Waals surface area contributed by atoms with Crippen molar-refractivity contribution in [2.24, 2.45) is 5.73 Å². The van der Waals surface area contributed by atoms with Gasteiger partial charge in [0.25, 0.3) is 5.56 Å². The first-order valence-electron chi connectivity index (χ1n) is 6.97. The van der Waals surface area contributed by atoms with Crippen LogP contribution in [-0.2, 0) is 19.6 Å². The van der Waals surface area contributed by atoms with E-state index in [9.17, 15) is 9.59 Å². The number of rotatable bonds is 5. The number of hydrogen-bond donors (Lipinski definition) is 1. The zero-order valence-corrected chi connectivity index (χ0v) is 12.2. The van der Waals surface area contributed by atoms with E-state index in [0.717, 1.165) is 5.82 Å². The van der Waals surface area contributed by atoms with Crippen LogP contribution in [0, 0.1) is 6.92 Å². The molecule has 2 aromatic rings. The Hall–Kier alpha value is -1.89. The lowest BCUT2D eigenvalue weighted by Gasteiger charge is -2.10. The summed E-state index contributed by atoms with van der Waals surface area (Å²) >= 11 is 0. The minimum absolute atomic E-state index is 0.273. The Kier molecular flexibility index (Phi) is 4.08. The average molecular weight is 279 g/mol. The molecular formula is C13H21N5O2. The van der Waals surface area contributed by atoms with Crippen molar-refractivity contribution in [2.45, 2.75) is 46.8 Å². The lowest BCUT2D eigenvalue weighted by molar-refractivity contribution is 0.559. The molecule has 0 radical (unpaired) electrons. The predicted molar refractivity (Wildman–Crippen MR) is 78.0 cm³/mol. The molecular weight excluding hydrogens is 258 g/mol. The Bertz CT molecular complexity index is 738. The SMILES string of the molecule is CCn1c(C)nc2c1c(=O)n(CCCN)c(=O)n2CC. The van der Waals surface area contributed by atoms with Crippen molar-refractivity contribution in [1.82, 2.24) is 18.7 Å². The molecule has 0 aliphatic heterocycles. The molecule has 0 spiro atoms. The van der Waals surface area contributed by atoms with E-state index in [4.69, 9.17) is 5.73 Å². The monoisotopic (exact) mass is 279 g/mol. The van der Waals surface area contributed by atoms with Crippen molar-refractivity contribution < 1.29 is 0 Å². The van der Waals surface area contributed by atoms with Crippen LogP contribution in [0.2, 0.25) is 0 Å². The maximum atomic E-state index is 12.6. The molecule has 0 atom stereocenters. The Labute approximate surface area is 116 Å². The van der Waals surface area contributed by atoms with E-state index in [1.165, 1.54) is 4.57 Å². The fourth-order valence-electron chi connectivity index (χ4n) is 2.52. The lowest BCUT2D eigenvalue weighted by atomic mass is 10.4. The van der Waals surface area contributed by atoms with Gasteiger partial charge in [-0.05, 0) is 33.7 Å². The van der Waals surface area contributed by atoms with Gasteiger partial charge in [0, 0.05) is 19.6 Å². The second kappa shape index (κ2) is 5.62. The summed E-state index contributed by atoms with van der Waals surface area (Å²) in [7, 11) is 0. The van der Waals surface area contributed by atoms with Crippen molar-refractivity contribution in [3.63, 3.8) is 0 Å². The van der Waals surface area contributed by atoms with Gasteiger partial charge in [0.05, 0.1) is 0 Å². The van der Waals surface area contributed by atoms with Crippen LogP contribution in [0.1, 0.15) is 26.1 Å². The number of nitrogens with two attached hydrogens (primary N) is 1. The number of aromatic nitrogens is 4. The maximum absolute atomic E-state index is 12.6. The number of nitrogens with zero attached hydrogens (tertiary/aromatic N) is 4. The number of imidazole rings is 1. The summed E-state index contributed by atoms with van der Waals surface area (Å²) in [5, 5.41) is 0. The first kappa shape index (κ1) is 14.5. The van der Waals surface area contributed by atoms with Crippen molar-refractivity contribution >= 4 is 11.2 Å². The first-order chi connectivity index (χ1) is 9.56. The van der Waals surface area contributed by atoms with Crippen molar-refractivity contribution in [1.29, 1.82) is 0 Å². The Balaban J connectivity index is 2.88. The van der Waals surface area contributed by atoms with Crippen LogP contribution in [-0.4, -0.2) is 25.2 Å². The van der Waals surface area contributed by atoms with Crippen LogP contribution in [0.5, 0.6) is 0 Å². The van der Waals surface area contributed by atoms with Gasteiger partial charge < -0.3 is 10.3 Å². The Morgan fingerprint density at radius 1 is 1.10 bits per heavy atom. The van der Waals surface area contributed by atoms with Gasteiger partial charge in [-0.1, -0.05) is 0 Å². The predicted octanol–water partition coefficient (Wildman–Crippen LogP) is 0.0567. The molecule has 20 heavy (non-hydrogen) atoms. The van der Waals surface area contributed by atoms with Gasteiger partial charge in [-0.2, -0.15) is 0 Å². The number of hydrogen-bond acceptors (Lipinski definition) is 4. The molecule has 0 fully saturated rings. The first-order valence-corrected chi connectivity index (χ1v) is 6.97. The third-order valence-corrected chi connectivity index (χ3v) is 3.52. The highest BCUT2D eigenvalue weighted by molar-refractivity contribution is 5.71. The molecule has 0 saturated heterocycles. The molecule has 2 heterocycles. The van der Waals surface area contributed by atoms with Gasteiger partial charge in [-0.25, -0.2) is 9.78 Å². The van der Waals surface area contributed by atoms with Gasteiger partial charge >= 0.3 is 5.69 Å². The van der Waals surface area contributed by atoms with E-state index >= 15 is 0 Å². The fourth-order valence-corrected chi connectivity index (χ4v) is 2.52. The number of fused-ring (bicyclic) bond motifs is 1. The largest absolute Gasteiger partial charge is 0.332 e. The van der Waals surface area contributed by atoms with E-state index in [0.29, 0.717) is 43.8 Å². The second-order valence-corrected chi connectivity index (χ2v) is 4.70. The summed E-state index contributed by atoms with van der Waals surface area (Å²) in [6.07, 6.45) is 0.601. The zero-order valence-electron chi connectivity index (χ0n) is 12.2. The van der Waals surface area contributed by atoms with Gasteiger partial charge in [-0.15, -0.1) is 0 Å². The highest BCUT2D eigenvalue weighted by atomic mass is 16.2. The zero-order chi connectivity index (χ0) is 14.9. The quantitative estimate of drug-likeness (QED) is 0.838. The smallest absolute Gasteiger partial charge is 0.330 e. The molecule has 2 N–H and O–H groups in total. The normalized spacial score (nSPS) is 11.4. The van der Waals surface area contributed by atoms with Gasteiger partial charge in [0.2, 0.25) is 0 Å². The third-order valence-electron chi connectivity index (χ3n) is 3.52. The van der Waals surface area contributed by atoms with E-state index in [2.05, 4.69) is 4.98 Å². The van der Waals surface area contributed by atoms with E-state index in [1.807, 2.05) is 25.3 Å². The van der Waals surface area contributed by atoms with Gasteiger partial charge in [0.1, 0.15) is 5.82 Å². The van der Waals surface area contributed by atoms with Crippen molar-refractivity contribution in [2.75, 3.05) is 6.54 Å². The Morgan fingerprint density at radius 3 is 2.30 bits per heavy atom. The summed E-state index contributed by atoms with van der Waals surface area (Å²) in [5.41, 5.74) is 5.88. The third kappa shape index (κ3) is 2.07. The molecule has 0 aliphatic carbocycles. The van der Waals surface area contributed by atoms with Crippen LogP contribution in [0.25, 0.3) is 11.2 Å². The van der Waals surface area contributed by atoms with Crippen molar-refractivity contribution in [3.8, 4) is 0 Å². The van der Waals surface area contributed by atoms with Crippen molar-refractivity contribution in [3.05, 3.63) is 26.7 Å². The summed E-state index contributed by atoms with van der Waals surface area (Å²) < 4.78 is 4.67. The molecule has 0 aromatic carbocycles. The molecule has 0 amide bonds. The topological polar surface area (TPSA) is 87.8 Å². The molecule has 0 saturated carbocycles. The van der Waals surface area contributed by atoms with E-state index in [1.54, 1.807) is 4.57 Å². The van der Waals surface area contributed by atoms with Crippen LogP contribution < -0.4 is 17.0 Å². The molecule has 7 heteroatoms. The Morgan fingerprint density at radius 2 is 1.75 bits per heavy atom. The molecule has 0 aliphatic rings. The number of aryl methyl sites for hydroxylation is 3. The molecule has 7 nitrogen and oxygen atoms in total. The standard InChI is InChI=1S/C13H21N5O2/c1-4-16-9(3)15-11-10(16)12(19)18(8-6-7-14)13(20)17(11)5-2/h4-8,14H2,1-3H3. The molecule has 0 unspecified atom stereocenters. The highest BCUT2D eigenvalue weighted by Gasteiger charge is 2.18. The van der Waals surface area contributed by atoms with Crippen LogP contribution in [0.15, 0.2) is 9.59 Å². The molecule has 2 aromatic heterocycles. The summed E-state index contributed by atoms with van der Waals surface area (Å²) in [6.45, 7) is 7.60. The summed E-state index contributed by atoms with van der Waals surface area (Å²) in [5.74, 6) is 0.748. The minimum Gasteiger partial charge on any atom is -0.330 e. The molecule has 0 bridgehead atoms. The van der Waals surface area contributed by atoms with E-state index in [-0.39, 0.29) is 11.2 Å². The lowest BCUT2D eigenvalue weighted by Crippen LogP contribution is -2.40. The van der Waals surface area contributed by atoms with Crippen LogP contribution in [0.4, 0.5) is 0 Å². The van der Waals surface area contributed by atoms with Gasteiger partial charge in [-0.3, -0.25) is 13.9 Å². The van der Waals surface area contributed by atoms with Gasteiger partial charge in [0.15, 0.2) is 11.2 Å². The minimum atomic E-state index is -0.306. The molecule has 2 rings (SSSR count). The average Bonchev–Trinajstić information content (AvgIpc) is 2.75. The van der Waals surface area contributed by atoms with E-state index < -0.39 is 0 Å². The second-order valence-electron chi connectivity index (χ2n) is 4.70. The summed E-state index contributed by atoms with van der Waals surface area (Å²) in [6, 6.07) is 0. The van der Waals surface area contributed by atoms with Crippen LogP contribution >= 0.6 is 0 Å². The fraction of sp³-hybridized carbons (Fsp3) is 0.615. The maximum Gasteiger partial charge on any atom is 0.332 e. The highest BCUT2D eigenvalue weighted by Crippen LogP contribution is 2.10. The van der Waals surface area contributed by atoms with Crippen LogP contribution in [0.3, 0.4) is 0 Å². The molecule has 110 valence electrons.